The van der Waals surface area contributed by atoms with E-state index < -0.39 is 15.9 Å². The van der Waals surface area contributed by atoms with E-state index in [0.29, 0.717) is 12.0 Å². The Kier molecular flexibility index (Phi) is 5.83. The Labute approximate surface area is 164 Å². The van der Waals surface area contributed by atoms with Crippen LogP contribution < -0.4 is 5.32 Å². The summed E-state index contributed by atoms with van der Waals surface area (Å²) in [6, 6.07) is 10.3. The number of hydroxylamine groups is 1. The van der Waals surface area contributed by atoms with E-state index >= 15 is 0 Å². The fourth-order valence-corrected chi connectivity index (χ4v) is 4.48. The highest BCUT2D eigenvalue weighted by Gasteiger charge is 2.30. The van der Waals surface area contributed by atoms with E-state index in [4.69, 9.17) is 4.84 Å². The molecule has 6 nitrogen and oxygen atoms in total. The molecule has 2 aromatic rings. The predicted molar refractivity (Wildman–Crippen MR) is 102 cm³/mol. The molecule has 28 heavy (non-hydrogen) atoms. The summed E-state index contributed by atoms with van der Waals surface area (Å²) in [7, 11) is -1.34. The van der Waals surface area contributed by atoms with Crippen molar-refractivity contribution in [1.29, 1.82) is 0 Å². The molecule has 0 aromatic heterocycles. The molecule has 3 rings (SSSR count). The Hall–Kier alpha value is -2.29. The molecule has 2 aromatic carbocycles. The summed E-state index contributed by atoms with van der Waals surface area (Å²) < 4.78 is 39.7. The van der Waals surface area contributed by atoms with Gasteiger partial charge in [0.05, 0.1) is 18.0 Å². The smallest absolute Gasteiger partial charge is 0.264 e. The highest BCUT2D eigenvalue weighted by Crippen LogP contribution is 2.35. The second kappa shape index (κ2) is 7.98. The van der Waals surface area contributed by atoms with Crippen LogP contribution in [0.2, 0.25) is 0 Å². The SMILES string of the molecule is CON(C)S(=O)(=O)c1cccc(C(=O)N[C@@H]2c3cccc(F)c3CC[C@H]2C)c1. The maximum atomic E-state index is 14.1. The van der Waals surface area contributed by atoms with Crippen LogP contribution in [0.3, 0.4) is 0 Å². The zero-order valence-corrected chi connectivity index (χ0v) is 16.8. The normalized spacial score (nSPS) is 19.3. The van der Waals surface area contributed by atoms with Crippen LogP contribution >= 0.6 is 0 Å². The molecule has 0 bridgehead atoms. The number of rotatable bonds is 5. The first-order valence-corrected chi connectivity index (χ1v) is 10.4. The molecule has 8 heteroatoms. The third-order valence-corrected chi connectivity index (χ3v) is 6.86. The summed E-state index contributed by atoms with van der Waals surface area (Å²) in [6.07, 6.45) is 1.39. The quantitative estimate of drug-likeness (QED) is 0.775. The van der Waals surface area contributed by atoms with Gasteiger partial charge < -0.3 is 5.32 Å². The number of fused-ring (bicyclic) bond motifs is 1. The van der Waals surface area contributed by atoms with E-state index in [-0.39, 0.29) is 28.2 Å². The van der Waals surface area contributed by atoms with Crippen LogP contribution in [0.15, 0.2) is 47.4 Å². The van der Waals surface area contributed by atoms with Crippen molar-refractivity contribution in [2.75, 3.05) is 14.2 Å². The van der Waals surface area contributed by atoms with Crippen LogP contribution in [-0.4, -0.2) is 33.0 Å². The van der Waals surface area contributed by atoms with Gasteiger partial charge in [-0.15, -0.1) is 0 Å². The number of halogens is 1. The first-order valence-electron chi connectivity index (χ1n) is 8.97. The van der Waals surface area contributed by atoms with Crippen LogP contribution in [0.4, 0.5) is 4.39 Å². The van der Waals surface area contributed by atoms with Crippen LogP contribution in [0.5, 0.6) is 0 Å². The number of benzene rings is 2. The Morgan fingerprint density at radius 1 is 1.25 bits per heavy atom. The molecule has 1 aliphatic rings. The van der Waals surface area contributed by atoms with Gasteiger partial charge in [0.25, 0.3) is 15.9 Å². The summed E-state index contributed by atoms with van der Waals surface area (Å²) in [5.41, 5.74) is 1.61. The number of carbonyl (C=O) groups is 1. The monoisotopic (exact) mass is 406 g/mol. The Morgan fingerprint density at radius 2 is 1.96 bits per heavy atom. The second-order valence-corrected chi connectivity index (χ2v) is 8.84. The van der Waals surface area contributed by atoms with Crippen LogP contribution in [0, 0.1) is 11.7 Å². The van der Waals surface area contributed by atoms with Crippen LogP contribution in [0.25, 0.3) is 0 Å². The van der Waals surface area contributed by atoms with E-state index in [2.05, 4.69) is 5.32 Å². The van der Waals surface area contributed by atoms with Gasteiger partial charge in [0.2, 0.25) is 0 Å². The number of nitrogens with zero attached hydrogens (tertiary/aromatic N) is 1. The van der Waals surface area contributed by atoms with Gasteiger partial charge in [-0.05, 0) is 54.2 Å². The zero-order valence-electron chi connectivity index (χ0n) is 16.0. The van der Waals surface area contributed by atoms with E-state index in [1.54, 1.807) is 12.1 Å². The topological polar surface area (TPSA) is 75.7 Å². The fraction of sp³-hybridized carbons (Fsp3) is 0.350. The van der Waals surface area contributed by atoms with E-state index in [1.165, 1.54) is 38.4 Å². The molecule has 0 heterocycles. The first kappa shape index (κ1) is 20.4. The highest BCUT2D eigenvalue weighted by molar-refractivity contribution is 7.89. The third-order valence-electron chi connectivity index (χ3n) is 5.19. The van der Waals surface area contributed by atoms with Crippen molar-refractivity contribution in [3.8, 4) is 0 Å². The van der Waals surface area contributed by atoms with Gasteiger partial charge in [-0.25, -0.2) is 12.8 Å². The Morgan fingerprint density at radius 3 is 2.68 bits per heavy atom. The lowest BCUT2D eigenvalue weighted by molar-refractivity contribution is -0.0258. The summed E-state index contributed by atoms with van der Waals surface area (Å²) in [4.78, 5) is 17.5. The maximum Gasteiger partial charge on any atom is 0.264 e. The van der Waals surface area contributed by atoms with Gasteiger partial charge in [-0.2, -0.15) is 0 Å². The van der Waals surface area contributed by atoms with Gasteiger partial charge in [0, 0.05) is 12.6 Å². The van der Waals surface area contributed by atoms with Gasteiger partial charge in [-0.3, -0.25) is 9.63 Å². The largest absolute Gasteiger partial charge is 0.345 e. The number of nitrogens with one attached hydrogen (secondary N) is 1. The fourth-order valence-electron chi connectivity index (χ4n) is 3.46. The molecule has 1 aliphatic carbocycles. The number of amides is 1. The lowest BCUT2D eigenvalue weighted by Crippen LogP contribution is -2.36. The van der Waals surface area contributed by atoms with E-state index in [9.17, 15) is 17.6 Å². The average molecular weight is 406 g/mol. The standard InChI is InChI=1S/C20H23FN2O4S/c1-13-10-11-16-17(8-5-9-18(16)21)19(13)22-20(24)14-6-4-7-15(12-14)28(25,26)23(2)27-3/h4-9,12-13,19H,10-11H2,1-3H3,(H,22,24)/t13-,19+/m1/s1. The lowest BCUT2D eigenvalue weighted by atomic mass is 9.80. The highest BCUT2D eigenvalue weighted by atomic mass is 32.2. The van der Waals surface area contributed by atoms with Crippen molar-refractivity contribution in [2.24, 2.45) is 5.92 Å². The minimum absolute atomic E-state index is 0.0485. The van der Waals surface area contributed by atoms with Gasteiger partial charge in [0.15, 0.2) is 0 Å². The number of hydrogen-bond acceptors (Lipinski definition) is 4. The molecule has 150 valence electrons. The molecule has 2 atom stereocenters. The van der Waals surface area contributed by atoms with Gasteiger partial charge in [0.1, 0.15) is 5.82 Å². The second-order valence-electron chi connectivity index (χ2n) is 6.90. The molecule has 0 fully saturated rings. The van der Waals surface area contributed by atoms with E-state index in [1.807, 2.05) is 13.0 Å². The molecule has 0 saturated heterocycles. The molecule has 0 saturated carbocycles. The number of hydrogen-bond donors (Lipinski definition) is 1. The minimum atomic E-state index is -3.86. The molecule has 0 unspecified atom stereocenters. The molecule has 1 N–H and O–H groups in total. The molecular weight excluding hydrogens is 383 g/mol. The molecule has 1 amide bonds. The van der Waals surface area contributed by atoms with Crippen LogP contribution in [-0.2, 0) is 21.3 Å². The molecular formula is C20H23FN2O4S. The van der Waals surface area contributed by atoms with Crippen LogP contribution in [0.1, 0.15) is 40.9 Å². The zero-order chi connectivity index (χ0) is 20.5. The third kappa shape index (κ3) is 3.80. The minimum Gasteiger partial charge on any atom is -0.345 e. The number of carbonyl (C=O) groups excluding carboxylic acids is 1. The lowest BCUT2D eigenvalue weighted by Gasteiger charge is -2.32. The Bertz CT molecular complexity index is 993. The Balaban J connectivity index is 1.89. The summed E-state index contributed by atoms with van der Waals surface area (Å²) in [5.74, 6) is -0.546. The summed E-state index contributed by atoms with van der Waals surface area (Å²) in [6.45, 7) is 2.01. The number of sulfonamides is 1. The van der Waals surface area contributed by atoms with Crippen molar-refractivity contribution >= 4 is 15.9 Å². The summed E-state index contributed by atoms with van der Waals surface area (Å²) >= 11 is 0. The van der Waals surface area contributed by atoms with Crippen molar-refractivity contribution < 1.29 is 22.4 Å². The van der Waals surface area contributed by atoms with Crippen molar-refractivity contribution in [3.63, 3.8) is 0 Å². The van der Waals surface area contributed by atoms with Crippen molar-refractivity contribution in [3.05, 3.63) is 65.0 Å². The van der Waals surface area contributed by atoms with Crippen molar-refractivity contribution in [1.82, 2.24) is 9.79 Å². The van der Waals surface area contributed by atoms with Crippen molar-refractivity contribution in [2.45, 2.75) is 30.7 Å². The van der Waals surface area contributed by atoms with Gasteiger partial charge >= 0.3 is 0 Å². The molecule has 0 spiro atoms. The first-order chi connectivity index (χ1) is 13.3. The summed E-state index contributed by atoms with van der Waals surface area (Å²) in [5, 5.41) is 2.94. The molecule has 0 aliphatic heterocycles. The average Bonchev–Trinajstić information content (AvgIpc) is 2.69. The predicted octanol–water partition coefficient (Wildman–Crippen LogP) is 3.06. The van der Waals surface area contributed by atoms with E-state index in [0.717, 1.165) is 16.5 Å². The molecule has 0 radical (unpaired) electrons. The maximum absolute atomic E-state index is 14.1. The van der Waals surface area contributed by atoms with Gasteiger partial charge in [-0.1, -0.05) is 29.6 Å².